The van der Waals surface area contributed by atoms with E-state index in [1.54, 1.807) is 6.92 Å². The molecule has 0 bridgehead atoms. The third-order valence-electron chi connectivity index (χ3n) is 5.93. The van der Waals surface area contributed by atoms with E-state index in [0.29, 0.717) is 22.2 Å². The summed E-state index contributed by atoms with van der Waals surface area (Å²) >= 11 is 1.44. The van der Waals surface area contributed by atoms with Gasteiger partial charge in [0.15, 0.2) is 11.6 Å². The Morgan fingerprint density at radius 3 is 2.19 bits per heavy atom. The average Bonchev–Trinajstić information content (AvgIpc) is 3.31. The van der Waals surface area contributed by atoms with Crippen molar-refractivity contribution in [2.24, 2.45) is 0 Å². The van der Waals surface area contributed by atoms with Crippen molar-refractivity contribution < 1.29 is 9.53 Å². The molecule has 0 aliphatic carbocycles. The molecule has 0 spiro atoms. The first kappa shape index (κ1) is 23.5. The Bertz CT molecular complexity index is 1550. The molecular formula is C29H26N4O2S. The van der Waals surface area contributed by atoms with Crippen LogP contribution in [-0.2, 0) is 4.74 Å². The number of fused-ring (bicyclic) bond motifs is 1. The van der Waals surface area contributed by atoms with Crippen molar-refractivity contribution in [1.82, 2.24) is 9.97 Å². The third-order valence-corrected chi connectivity index (χ3v) is 6.82. The lowest BCUT2D eigenvalue weighted by Crippen LogP contribution is -2.09. The summed E-state index contributed by atoms with van der Waals surface area (Å²) in [6.45, 7) is 6.26. The number of aromatic nitrogens is 2. The highest BCUT2D eigenvalue weighted by atomic mass is 32.1. The molecular weight excluding hydrogens is 468 g/mol. The van der Waals surface area contributed by atoms with Crippen molar-refractivity contribution in [3.8, 4) is 11.1 Å². The summed E-state index contributed by atoms with van der Waals surface area (Å²) in [7, 11) is 0. The van der Waals surface area contributed by atoms with E-state index in [9.17, 15) is 4.79 Å². The van der Waals surface area contributed by atoms with E-state index < -0.39 is 0 Å². The van der Waals surface area contributed by atoms with E-state index in [1.165, 1.54) is 22.5 Å². The number of aryl methyl sites for hydroxylation is 2. The fourth-order valence-corrected chi connectivity index (χ4v) is 4.88. The largest absolute Gasteiger partial charge is 0.462 e. The standard InChI is InChI=1S/C29H26N4O2S/c1-4-35-29(34)25-22(20-10-6-5-7-11-20)17-36-28(25)33-27-26(30-21-15-14-18(2)19(3)16-21)31-23-12-8-9-13-24(23)32-27/h5-17H,4H2,1-3H3,(H,30,31)(H,32,33). The lowest BCUT2D eigenvalue weighted by Gasteiger charge is -2.15. The van der Waals surface area contributed by atoms with Gasteiger partial charge in [-0.05, 0) is 61.7 Å². The van der Waals surface area contributed by atoms with Gasteiger partial charge in [0.1, 0.15) is 10.6 Å². The molecule has 2 N–H and O–H groups in total. The summed E-state index contributed by atoms with van der Waals surface area (Å²) in [6, 6.07) is 23.7. The Hall–Kier alpha value is -4.23. The summed E-state index contributed by atoms with van der Waals surface area (Å²) in [5, 5.41) is 9.43. The number of esters is 1. The lowest BCUT2D eigenvalue weighted by atomic mass is 10.0. The van der Waals surface area contributed by atoms with E-state index in [-0.39, 0.29) is 12.6 Å². The second-order valence-corrected chi connectivity index (χ2v) is 9.28. The topological polar surface area (TPSA) is 76.1 Å². The number of para-hydroxylation sites is 2. The molecule has 2 aromatic heterocycles. The smallest absolute Gasteiger partial charge is 0.341 e. The second-order valence-electron chi connectivity index (χ2n) is 8.40. The highest BCUT2D eigenvalue weighted by Gasteiger charge is 2.23. The summed E-state index contributed by atoms with van der Waals surface area (Å²) in [5.41, 5.74) is 7.09. The van der Waals surface area contributed by atoms with Gasteiger partial charge in [-0.25, -0.2) is 14.8 Å². The van der Waals surface area contributed by atoms with Crippen molar-refractivity contribution >= 4 is 50.7 Å². The molecule has 0 unspecified atom stereocenters. The molecule has 5 aromatic rings. The Morgan fingerprint density at radius 2 is 1.53 bits per heavy atom. The van der Waals surface area contributed by atoms with Gasteiger partial charge in [-0.2, -0.15) is 0 Å². The summed E-state index contributed by atoms with van der Waals surface area (Å²) in [6.07, 6.45) is 0. The third kappa shape index (κ3) is 4.78. The first-order valence-corrected chi connectivity index (χ1v) is 12.6. The van der Waals surface area contributed by atoms with E-state index >= 15 is 0 Å². The molecule has 0 atom stereocenters. The van der Waals surface area contributed by atoms with E-state index in [1.807, 2.05) is 66.0 Å². The first-order chi connectivity index (χ1) is 17.5. The molecule has 0 aliphatic rings. The number of thiophene rings is 1. The molecule has 36 heavy (non-hydrogen) atoms. The number of benzene rings is 3. The van der Waals surface area contributed by atoms with Crippen LogP contribution >= 0.6 is 11.3 Å². The van der Waals surface area contributed by atoms with Gasteiger partial charge in [0.05, 0.1) is 17.6 Å². The molecule has 7 heteroatoms. The molecule has 0 aliphatic heterocycles. The quantitative estimate of drug-likeness (QED) is 0.226. The fourth-order valence-electron chi connectivity index (χ4n) is 3.92. The Morgan fingerprint density at radius 1 is 0.861 bits per heavy atom. The number of nitrogens with zero attached hydrogens (tertiary/aromatic N) is 2. The molecule has 0 amide bonds. The number of rotatable bonds is 7. The number of carbonyl (C=O) groups is 1. The monoisotopic (exact) mass is 494 g/mol. The van der Waals surface area contributed by atoms with Gasteiger partial charge in [0.2, 0.25) is 0 Å². The van der Waals surface area contributed by atoms with Gasteiger partial charge in [-0.3, -0.25) is 0 Å². The molecule has 5 rings (SSSR count). The molecule has 3 aromatic carbocycles. The van der Waals surface area contributed by atoms with Crippen LogP contribution in [0.5, 0.6) is 0 Å². The van der Waals surface area contributed by atoms with Crippen molar-refractivity contribution in [2.45, 2.75) is 20.8 Å². The first-order valence-electron chi connectivity index (χ1n) is 11.8. The minimum Gasteiger partial charge on any atom is -0.462 e. The van der Waals surface area contributed by atoms with Gasteiger partial charge in [-0.15, -0.1) is 11.3 Å². The van der Waals surface area contributed by atoms with Gasteiger partial charge >= 0.3 is 5.97 Å². The number of hydrogen-bond acceptors (Lipinski definition) is 7. The van der Waals surface area contributed by atoms with Gasteiger partial charge in [0, 0.05) is 16.6 Å². The zero-order valence-corrected chi connectivity index (χ0v) is 21.1. The zero-order chi connectivity index (χ0) is 25.1. The van der Waals surface area contributed by atoms with Crippen molar-refractivity contribution in [3.63, 3.8) is 0 Å². The molecule has 0 saturated carbocycles. The molecule has 180 valence electrons. The van der Waals surface area contributed by atoms with E-state index in [2.05, 4.69) is 36.6 Å². The highest BCUT2D eigenvalue weighted by molar-refractivity contribution is 7.15. The predicted octanol–water partition coefficient (Wildman–Crippen LogP) is 7.64. The van der Waals surface area contributed by atoms with Gasteiger partial charge in [0.25, 0.3) is 0 Å². The van der Waals surface area contributed by atoms with E-state index in [4.69, 9.17) is 14.7 Å². The number of carbonyl (C=O) groups excluding carboxylic acids is 1. The van der Waals surface area contributed by atoms with Crippen molar-refractivity contribution in [2.75, 3.05) is 17.2 Å². The molecule has 0 saturated heterocycles. The van der Waals surface area contributed by atoms with Crippen LogP contribution < -0.4 is 10.6 Å². The summed E-state index contributed by atoms with van der Waals surface area (Å²) < 4.78 is 5.42. The Labute approximate surface area is 214 Å². The van der Waals surface area contributed by atoms with Crippen LogP contribution in [0.4, 0.5) is 22.3 Å². The molecule has 6 nitrogen and oxygen atoms in total. The molecule has 0 radical (unpaired) electrons. The number of ether oxygens (including phenoxy) is 1. The predicted molar refractivity (Wildman–Crippen MR) is 148 cm³/mol. The summed E-state index contributed by atoms with van der Waals surface area (Å²) in [5.74, 6) is 0.720. The van der Waals surface area contributed by atoms with Crippen LogP contribution in [0, 0.1) is 13.8 Å². The van der Waals surface area contributed by atoms with Crippen LogP contribution in [-0.4, -0.2) is 22.5 Å². The zero-order valence-electron chi connectivity index (χ0n) is 20.3. The minimum absolute atomic E-state index is 0.289. The highest BCUT2D eigenvalue weighted by Crippen LogP contribution is 2.39. The van der Waals surface area contributed by atoms with Crippen LogP contribution in [0.3, 0.4) is 0 Å². The van der Waals surface area contributed by atoms with Crippen LogP contribution in [0.15, 0.2) is 78.2 Å². The maximum Gasteiger partial charge on any atom is 0.341 e. The van der Waals surface area contributed by atoms with Crippen molar-refractivity contribution in [1.29, 1.82) is 0 Å². The lowest BCUT2D eigenvalue weighted by molar-refractivity contribution is 0.0529. The Balaban J connectivity index is 1.60. The summed E-state index contributed by atoms with van der Waals surface area (Å²) in [4.78, 5) is 22.8. The average molecular weight is 495 g/mol. The second kappa shape index (κ2) is 10.2. The maximum atomic E-state index is 13.1. The molecule has 2 heterocycles. The van der Waals surface area contributed by atoms with Gasteiger partial charge in [-0.1, -0.05) is 48.5 Å². The Kier molecular flexibility index (Phi) is 6.64. The van der Waals surface area contributed by atoms with Crippen LogP contribution in [0.1, 0.15) is 28.4 Å². The van der Waals surface area contributed by atoms with E-state index in [0.717, 1.165) is 27.8 Å². The van der Waals surface area contributed by atoms with Crippen LogP contribution in [0.2, 0.25) is 0 Å². The van der Waals surface area contributed by atoms with Crippen LogP contribution in [0.25, 0.3) is 22.2 Å². The maximum absolute atomic E-state index is 13.1. The number of hydrogen-bond donors (Lipinski definition) is 2. The number of anilines is 4. The number of nitrogens with one attached hydrogen (secondary N) is 2. The van der Waals surface area contributed by atoms with Crippen molar-refractivity contribution in [3.05, 3.63) is 94.9 Å². The van der Waals surface area contributed by atoms with Gasteiger partial charge < -0.3 is 15.4 Å². The molecule has 0 fully saturated rings. The normalized spacial score (nSPS) is 10.9. The fraction of sp³-hybridized carbons (Fsp3) is 0.138. The minimum atomic E-state index is -0.377. The SMILES string of the molecule is CCOC(=O)c1c(-c2ccccc2)csc1Nc1nc2ccccc2nc1Nc1ccc(C)c(C)c1.